The first-order valence-electron chi connectivity index (χ1n) is 9.40. The number of methoxy groups -OCH3 is 1. The quantitative estimate of drug-likeness (QED) is 0.812. The van der Waals surface area contributed by atoms with Gasteiger partial charge >= 0.3 is 6.03 Å². The van der Waals surface area contributed by atoms with Crippen LogP contribution in [0.5, 0.6) is 5.75 Å². The summed E-state index contributed by atoms with van der Waals surface area (Å²) in [7, 11) is 5.19. The van der Waals surface area contributed by atoms with Crippen molar-refractivity contribution >= 4 is 11.9 Å². The van der Waals surface area contributed by atoms with Gasteiger partial charge in [-0.05, 0) is 48.9 Å². The second kappa shape index (κ2) is 7.98. The topological polar surface area (TPSA) is 53.1 Å². The molecule has 0 spiro atoms. The number of carbonyl (C=O) groups excluding carboxylic acids is 2. The highest BCUT2D eigenvalue weighted by Crippen LogP contribution is 2.24. The molecular weight excluding hydrogens is 330 g/mol. The molecule has 26 heavy (non-hydrogen) atoms. The van der Waals surface area contributed by atoms with Gasteiger partial charge in [0.1, 0.15) is 5.75 Å². The number of amides is 3. The maximum Gasteiger partial charge on any atom is 0.319 e. The van der Waals surface area contributed by atoms with Crippen LogP contribution < -0.4 is 4.74 Å². The van der Waals surface area contributed by atoms with Gasteiger partial charge in [0.15, 0.2) is 0 Å². The van der Waals surface area contributed by atoms with Crippen molar-refractivity contribution in [1.82, 2.24) is 14.7 Å². The van der Waals surface area contributed by atoms with E-state index in [9.17, 15) is 9.59 Å². The molecule has 0 radical (unpaired) electrons. The van der Waals surface area contributed by atoms with E-state index in [0.29, 0.717) is 6.54 Å². The molecule has 2 heterocycles. The summed E-state index contributed by atoms with van der Waals surface area (Å²) < 4.78 is 5.32. The Bertz CT molecular complexity index is 674. The molecular formula is C20H29N3O3. The Morgan fingerprint density at radius 3 is 2.50 bits per heavy atom. The van der Waals surface area contributed by atoms with Gasteiger partial charge in [0.2, 0.25) is 5.91 Å². The highest BCUT2D eigenvalue weighted by atomic mass is 16.5. The fourth-order valence-corrected chi connectivity index (χ4v) is 3.94. The SMILES string of the molecule is COc1ccc2c(c1)CCN(C(=O)[C@H]1CCCN(C(=O)N(C)C)C1)CC2. The number of nitrogens with zero attached hydrogens (tertiary/aromatic N) is 3. The van der Waals surface area contributed by atoms with E-state index in [0.717, 1.165) is 51.1 Å². The minimum atomic E-state index is -0.0802. The second-order valence-electron chi connectivity index (χ2n) is 7.42. The van der Waals surface area contributed by atoms with Gasteiger partial charge in [-0.15, -0.1) is 0 Å². The van der Waals surface area contributed by atoms with Gasteiger partial charge in [0, 0.05) is 40.3 Å². The number of urea groups is 1. The lowest BCUT2D eigenvalue weighted by molar-refractivity contribution is -0.136. The zero-order chi connectivity index (χ0) is 18.7. The Labute approximate surface area is 155 Å². The van der Waals surface area contributed by atoms with Gasteiger partial charge in [-0.2, -0.15) is 0 Å². The van der Waals surface area contributed by atoms with E-state index >= 15 is 0 Å². The molecule has 1 saturated heterocycles. The minimum Gasteiger partial charge on any atom is -0.497 e. The van der Waals surface area contributed by atoms with Crippen LogP contribution in [-0.2, 0) is 17.6 Å². The third kappa shape index (κ3) is 3.94. The van der Waals surface area contributed by atoms with E-state index in [1.807, 2.05) is 15.9 Å². The van der Waals surface area contributed by atoms with E-state index < -0.39 is 0 Å². The summed E-state index contributed by atoms with van der Waals surface area (Å²) in [6.45, 7) is 2.76. The van der Waals surface area contributed by atoms with Gasteiger partial charge in [-0.25, -0.2) is 4.79 Å². The molecule has 3 rings (SSSR count). The maximum absolute atomic E-state index is 13.1. The van der Waals surface area contributed by atoms with Crippen LogP contribution in [0, 0.1) is 5.92 Å². The number of benzene rings is 1. The monoisotopic (exact) mass is 359 g/mol. The van der Waals surface area contributed by atoms with Crippen molar-refractivity contribution in [3.63, 3.8) is 0 Å². The highest BCUT2D eigenvalue weighted by Gasteiger charge is 2.32. The zero-order valence-corrected chi connectivity index (χ0v) is 16.0. The Balaban J connectivity index is 1.64. The number of ether oxygens (including phenoxy) is 1. The number of piperidine rings is 1. The van der Waals surface area contributed by atoms with Crippen molar-refractivity contribution in [3.8, 4) is 5.75 Å². The third-order valence-corrected chi connectivity index (χ3v) is 5.45. The van der Waals surface area contributed by atoms with Crippen molar-refractivity contribution in [2.24, 2.45) is 5.92 Å². The van der Waals surface area contributed by atoms with Gasteiger partial charge in [-0.3, -0.25) is 4.79 Å². The molecule has 1 atom stereocenters. The Morgan fingerprint density at radius 1 is 1.08 bits per heavy atom. The summed E-state index contributed by atoms with van der Waals surface area (Å²) in [6.07, 6.45) is 3.48. The predicted octanol–water partition coefficient (Wildman–Crippen LogP) is 2.02. The van der Waals surface area contributed by atoms with Crippen molar-refractivity contribution in [2.45, 2.75) is 25.7 Å². The number of hydrogen-bond acceptors (Lipinski definition) is 3. The Kier molecular flexibility index (Phi) is 5.69. The molecule has 142 valence electrons. The number of hydrogen-bond donors (Lipinski definition) is 0. The van der Waals surface area contributed by atoms with Gasteiger partial charge in [-0.1, -0.05) is 6.07 Å². The molecule has 0 unspecified atom stereocenters. The van der Waals surface area contributed by atoms with Crippen LogP contribution in [0.3, 0.4) is 0 Å². The minimum absolute atomic E-state index is 0.00198. The van der Waals surface area contributed by atoms with Crippen molar-refractivity contribution in [2.75, 3.05) is 47.4 Å². The van der Waals surface area contributed by atoms with E-state index in [1.54, 1.807) is 26.1 Å². The lowest BCUT2D eigenvalue weighted by atomic mass is 9.96. The average Bonchev–Trinajstić information content (AvgIpc) is 2.88. The normalized spacial score (nSPS) is 20.2. The standard InChI is InChI=1S/C20H29N3O3/c1-21(2)20(25)23-10-4-5-17(14-23)19(24)22-11-8-15-6-7-18(26-3)13-16(15)9-12-22/h6-7,13,17H,4-5,8-12,14H2,1-3H3/t17-/m0/s1. The van der Waals surface area contributed by atoms with Crippen LogP contribution in [0.15, 0.2) is 18.2 Å². The summed E-state index contributed by atoms with van der Waals surface area (Å²) in [5.41, 5.74) is 2.57. The lowest BCUT2D eigenvalue weighted by Crippen LogP contribution is -2.49. The predicted molar refractivity (Wildman–Crippen MR) is 100 cm³/mol. The van der Waals surface area contributed by atoms with Gasteiger partial charge in [0.25, 0.3) is 0 Å². The molecule has 1 fully saturated rings. The van der Waals surface area contributed by atoms with Gasteiger partial charge in [0.05, 0.1) is 13.0 Å². The first-order chi connectivity index (χ1) is 12.5. The van der Waals surface area contributed by atoms with Crippen molar-refractivity contribution in [3.05, 3.63) is 29.3 Å². The second-order valence-corrected chi connectivity index (χ2v) is 7.42. The number of carbonyl (C=O) groups is 2. The maximum atomic E-state index is 13.1. The van der Waals surface area contributed by atoms with Crippen LogP contribution in [0.1, 0.15) is 24.0 Å². The Morgan fingerprint density at radius 2 is 1.81 bits per heavy atom. The molecule has 0 aromatic heterocycles. The molecule has 1 aromatic carbocycles. The summed E-state index contributed by atoms with van der Waals surface area (Å²) in [5.74, 6) is 0.984. The van der Waals surface area contributed by atoms with Crippen LogP contribution in [0.2, 0.25) is 0 Å². The molecule has 6 nitrogen and oxygen atoms in total. The molecule has 1 aromatic rings. The van der Waals surface area contributed by atoms with Crippen LogP contribution in [-0.4, -0.2) is 74.0 Å². The number of likely N-dealkylation sites (tertiary alicyclic amines) is 1. The molecule has 2 aliphatic heterocycles. The first kappa shape index (κ1) is 18.5. The molecule has 2 aliphatic rings. The van der Waals surface area contributed by atoms with Crippen molar-refractivity contribution in [1.29, 1.82) is 0 Å². The van der Waals surface area contributed by atoms with E-state index in [4.69, 9.17) is 4.74 Å². The van der Waals surface area contributed by atoms with Crippen molar-refractivity contribution < 1.29 is 14.3 Å². The van der Waals surface area contributed by atoms with Crippen LogP contribution >= 0.6 is 0 Å². The fourth-order valence-electron chi connectivity index (χ4n) is 3.94. The molecule has 3 amide bonds. The largest absolute Gasteiger partial charge is 0.497 e. The van der Waals surface area contributed by atoms with E-state index in [1.165, 1.54) is 11.1 Å². The average molecular weight is 359 g/mol. The smallest absolute Gasteiger partial charge is 0.319 e. The molecule has 0 bridgehead atoms. The number of fused-ring (bicyclic) bond motifs is 1. The molecule has 0 N–H and O–H groups in total. The number of rotatable bonds is 2. The lowest BCUT2D eigenvalue weighted by Gasteiger charge is -2.35. The van der Waals surface area contributed by atoms with Crippen LogP contribution in [0.4, 0.5) is 4.79 Å². The Hall–Kier alpha value is -2.24. The third-order valence-electron chi connectivity index (χ3n) is 5.45. The summed E-state index contributed by atoms with van der Waals surface area (Å²) in [4.78, 5) is 30.7. The molecule has 0 saturated carbocycles. The fraction of sp³-hybridized carbons (Fsp3) is 0.600. The summed E-state index contributed by atoms with van der Waals surface area (Å²) in [6, 6.07) is 6.18. The molecule has 0 aliphatic carbocycles. The highest BCUT2D eigenvalue weighted by molar-refractivity contribution is 5.81. The van der Waals surface area contributed by atoms with Crippen LogP contribution in [0.25, 0.3) is 0 Å². The summed E-state index contributed by atoms with van der Waals surface area (Å²) >= 11 is 0. The van der Waals surface area contributed by atoms with Gasteiger partial charge < -0.3 is 19.4 Å². The molecule has 6 heteroatoms. The zero-order valence-electron chi connectivity index (χ0n) is 16.0. The first-order valence-corrected chi connectivity index (χ1v) is 9.40. The van der Waals surface area contributed by atoms with E-state index in [-0.39, 0.29) is 17.9 Å². The summed E-state index contributed by atoms with van der Waals surface area (Å²) in [5, 5.41) is 0. The van der Waals surface area contributed by atoms with E-state index in [2.05, 4.69) is 12.1 Å².